The molecule has 0 bridgehead atoms. The summed E-state index contributed by atoms with van der Waals surface area (Å²) in [5, 5.41) is 5.91. The lowest BCUT2D eigenvalue weighted by molar-refractivity contribution is 0.102. The molecule has 0 saturated heterocycles. The van der Waals surface area contributed by atoms with Crippen LogP contribution in [0.4, 0.5) is 11.5 Å². The van der Waals surface area contributed by atoms with Gasteiger partial charge in [0, 0.05) is 24.6 Å². The third-order valence-corrected chi connectivity index (χ3v) is 2.56. The van der Waals surface area contributed by atoms with Gasteiger partial charge in [0.1, 0.15) is 5.82 Å². The Balaban J connectivity index is 2.23. The Hall–Kier alpha value is -2.43. The zero-order chi connectivity index (χ0) is 13.7. The van der Waals surface area contributed by atoms with Crippen LogP contribution >= 0.6 is 0 Å². The zero-order valence-corrected chi connectivity index (χ0v) is 11.0. The van der Waals surface area contributed by atoms with Gasteiger partial charge in [-0.05, 0) is 32.0 Å². The normalized spacial score (nSPS) is 10.0. The molecule has 5 heteroatoms. The highest BCUT2D eigenvalue weighted by atomic mass is 16.1. The molecule has 2 N–H and O–H groups in total. The number of aromatic nitrogens is 2. The van der Waals surface area contributed by atoms with Crippen LogP contribution in [-0.4, -0.2) is 22.4 Å². The van der Waals surface area contributed by atoms with Crippen molar-refractivity contribution >= 4 is 17.4 Å². The molecule has 0 saturated carbocycles. The molecular weight excluding hydrogens is 240 g/mol. The van der Waals surface area contributed by atoms with E-state index in [1.54, 1.807) is 24.5 Å². The molecule has 1 amide bonds. The van der Waals surface area contributed by atoms with E-state index in [0.717, 1.165) is 17.9 Å². The standard InChI is InChI=1S/C14H16N4O/c1-3-15-12-8-10(2)17-9-11(12)14(19)18-13-6-4-5-7-16-13/h4-9H,3H2,1-2H3,(H,15,17)(H,16,18,19). The van der Waals surface area contributed by atoms with E-state index < -0.39 is 0 Å². The van der Waals surface area contributed by atoms with Crippen LogP contribution in [0.2, 0.25) is 0 Å². The Kier molecular flexibility index (Phi) is 4.07. The van der Waals surface area contributed by atoms with Crippen molar-refractivity contribution in [2.45, 2.75) is 13.8 Å². The van der Waals surface area contributed by atoms with Crippen LogP contribution in [-0.2, 0) is 0 Å². The molecule has 2 heterocycles. The lowest BCUT2D eigenvalue weighted by Gasteiger charge is -2.11. The summed E-state index contributed by atoms with van der Waals surface area (Å²) in [6.07, 6.45) is 3.21. The number of nitrogens with zero attached hydrogens (tertiary/aromatic N) is 2. The van der Waals surface area contributed by atoms with E-state index in [4.69, 9.17) is 0 Å². The van der Waals surface area contributed by atoms with Gasteiger partial charge in [-0.1, -0.05) is 6.07 Å². The fourth-order valence-corrected chi connectivity index (χ4v) is 1.70. The molecule has 0 spiro atoms. The molecule has 0 fully saturated rings. The second kappa shape index (κ2) is 5.95. The first-order valence-electron chi connectivity index (χ1n) is 6.13. The number of rotatable bonds is 4. The van der Waals surface area contributed by atoms with Gasteiger partial charge in [0.2, 0.25) is 0 Å². The zero-order valence-electron chi connectivity index (χ0n) is 11.0. The number of carbonyl (C=O) groups is 1. The Bertz CT molecular complexity index is 569. The highest BCUT2D eigenvalue weighted by Crippen LogP contribution is 2.17. The first-order valence-corrected chi connectivity index (χ1v) is 6.13. The molecule has 0 aromatic carbocycles. The second-order valence-corrected chi connectivity index (χ2v) is 4.07. The summed E-state index contributed by atoms with van der Waals surface area (Å²) in [4.78, 5) is 20.4. The van der Waals surface area contributed by atoms with Gasteiger partial charge in [0.25, 0.3) is 5.91 Å². The molecule has 19 heavy (non-hydrogen) atoms. The lowest BCUT2D eigenvalue weighted by Crippen LogP contribution is -2.16. The number of hydrogen-bond acceptors (Lipinski definition) is 4. The van der Waals surface area contributed by atoms with E-state index in [1.807, 2.05) is 26.0 Å². The first-order chi connectivity index (χ1) is 9.20. The van der Waals surface area contributed by atoms with Crippen molar-refractivity contribution in [2.24, 2.45) is 0 Å². The molecule has 0 unspecified atom stereocenters. The summed E-state index contributed by atoms with van der Waals surface area (Å²) in [6, 6.07) is 7.22. The number of hydrogen-bond donors (Lipinski definition) is 2. The summed E-state index contributed by atoms with van der Waals surface area (Å²) < 4.78 is 0. The maximum atomic E-state index is 12.2. The Labute approximate surface area is 112 Å². The molecule has 0 aliphatic carbocycles. The minimum atomic E-state index is -0.220. The highest BCUT2D eigenvalue weighted by Gasteiger charge is 2.12. The molecule has 98 valence electrons. The van der Waals surface area contributed by atoms with Crippen LogP contribution < -0.4 is 10.6 Å². The summed E-state index contributed by atoms with van der Waals surface area (Å²) in [5.41, 5.74) is 2.16. The maximum Gasteiger partial charge on any atom is 0.260 e. The number of anilines is 2. The van der Waals surface area contributed by atoms with Gasteiger partial charge in [-0.15, -0.1) is 0 Å². The van der Waals surface area contributed by atoms with Crippen molar-refractivity contribution in [3.63, 3.8) is 0 Å². The predicted octanol–water partition coefficient (Wildman–Crippen LogP) is 2.47. The Morgan fingerprint density at radius 1 is 1.32 bits per heavy atom. The third kappa shape index (κ3) is 3.28. The number of amides is 1. The quantitative estimate of drug-likeness (QED) is 0.881. The number of nitrogens with one attached hydrogen (secondary N) is 2. The molecule has 0 aliphatic rings. The molecule has 5 nitrogen and oxygen atoms in total. The average molecular weight is 256 g/mol. The second-order valence-electron chi connectivity index (χ2n) is 4.07. The molecule has 2 rings (SSSR count). The van der Waals surface area contributed by atoms with E-state index in [0.29, 0.717) is 11.4 Å². The van der Waals surface area contributed by atoms with E-state index in [9.17, 15) is 4.79 Å². The first kappa shape index (κ1) is 13.0. The van der Waals surface area contributed by atoms with Crippen LogP contribution in [0.25, 0.3) is 0 Å². The molecule has 0 atom stereocenters. The molecular formula is C14H16N4O. The van der Waals surface area contributed by atoms with Crippen LogP contribution in [0.15, 0.2) is 36.7 Å². The van der Waals surface area contributed by atoms with Gasteiger partial charge in [-0.2, -0.15) is 0 Å². The molecule has 2 aromatic rings. The monoisotopic (exact) mass is 256 g/mol. The van der Waals surface area contributed by atoms with Crippen molar-refractivity contribution in [2.75, 3.05) is 17.2 Å². The molecule has 2 aromatic heterocycles. The minimum Gasteiger partial charge on any atom is -0.385 e. The van der Waals surface area contributed by atoms with Gasteiger partial charge in [0.15, 0.2) is 0 Å². The lowest BCUT2D eigenvalue weighted by atomic mass is 10.2. The van der Waals surface area contributed by atoms with Crippen LogP contribution in [0, 0.1) is 6.92 Å². The van der Waals surface area contributed by atoms with E-state index in [2.05, 4.69) is 20.6 Å². The highest BCUT2D eigenvalue weighted by molar-refractivity contribution is 6.07. The summed E-state index contributed by atoms with van der Waals surface area (Å²) in [7, 11) is 0. The van der Waals surface area contributed by atoms with Crippen molar-refractivity contribution in [1.29, 1.82) is 0 Å². The van der Waals surface area contributed by atoms with Crippen molar-refractivity contribution in [1.82, 2.24) is 9.97 Å². The number of aryl methyl sites for hydroxylation is 1. The Morgan fingerprint density at radius 2 is 2.16 bits per heavy atom. The number of pyridine rings is 2. The minimum absolute atomic E-state index is 0.220. The van der Waals surface area contributed by atoms with Gasteiger partial charge in [-0.3, -0.25) is 9.78 Å². The van der Waals surface area contributed by atoms with Gasteiger partial charge in [0.05, 0.1) is 11.3 Å². The average Bonchev–Trinajstić information content (AvgIpc) is 2.40. The summed E-state index contributed by atoms with van der Waals surface area (Å²) >= 11 is 0. The molecule has 0 radical (unpaired) electrons. The van der Waals surface area contributed by atoms with E-state index >= 15 is 0 Å². The maximum absolute atomic E-state index is 12.2. The summed E-state index contributed by atoms with van der Waals surface area (Å²) in [6.45, 7) is 4.62. The van der Waals surface area contributed by atoms with Crippen LogP contribution in [0.3, 0.4) is 0 Å². The summed E-state index contributed by atoms with van der Waals surface area (Å²) in [5.74, 6) is 0.303. The largest absolute Gasteiger partial charge is 0.385 e. The van der Waals surface area contributed by atoms with E-state index in [1.165, 1.54) is 0 Å². The van der Waals surface area contributed by atoms with E-state index in [-0.39, 0.29) is 5.91 Å². The third-order valence-electron chi connectivity index (χ3n) is 2.56. The van der Waals surface area contributed by atoms with Gasteiger partial charge >= 0.3 is 0 Å². The van der Waals surface area contributed by atoms with Crippen molar-refractivity contribution in [3.05, 3.63) is 47.9 Å². The van der Waals surface area contributed by atoms with Crippen LogP contribution in [0.1, 0.15) is 23.0 Å². The van der Waals surface area contributed by atoms with Crippen molar-refractivity contribution in [3.8, 4) is 0 Å². The molecule has 0 aliphatic heterocycles. The topological polar surface area (TPSA) is 66.9 Å². The van der Waals surface area contributed by atoms with Crippen molar-refractivity contribution < 1.29 is 4.79 Å². The van der Waals surface area contributed by atoms with Crippen LogP contribution in [0.5, 0.6) is 0 Å². The predicted molar refractivity (Wildman–Crippen MR) is 75.3 cm³/mol. The number of carbonyl (C=O) groups excluding carboxylic acids is 1. The van der Waals surface area contributed by atoms with Gasteiger partial charge in [-0.25, -0.2) is 4.98 Å². The SMILES string of the molecule is CCNc1cc(C)ncc1C(=O)Nc1ccccn1. The smallest absolute Gasteiger partial charge is 0.260 e. The Morgan fingerprint density at radius 3 is 2.84 bits per heavy atom. The van der Waals surface area contributed by atoms with Gasteiger partial charge < -0.3 is 10.6 Å². The fourth-order valence-electron chi connectivity index (χ4n) is 1.70. The fraction of sp³-hybridized carbons (Fsp3) is 0.214.